The number of nitrogens with zero attached hydrogens (tertiary/aromatic N) is 1. The fourth-order valence-electron chi connectivity index (χ4n) is 2.14. The number of benzene rings is 2. The summed E-state index contributed by atoms with van der Waals surface area (Å²) < 4.78 is 26.4. The van der Waals surface area contributed by atoms with Gasteiger partial charge in [0.05, 0.1) is 15.5 Å². The Morgan fingerprint density at radius 3 is 2.11 bits per heavy atom. The van der Waals surface area contributed by atoms with Crippen LogP contribution in [-0.2, 0) is 10.0 Å². The number of carbonyl (C=O) groups excluding carboxylic acids is 2. The number of sulfonamides is 1. The van der Waals surface area contributed by atoms with Crippen LogP contribution in [0.15, 0.2) is 47.4 Å². The highest BCUT2D eigenvalue weighted by molar-refractivity contribution is 7.89. The summed E-state index contributed by atoms with van der Waals surface area (Å²) >= 11 is 11.8. The number of hydrogen-bond donors (Lipinski definition) is 2. The van der Waals surface area contributed by atoms with Crippen LogP contribution < -0.4 is 10.9 Å². The third-order valence-corrected chi connectivity index (χ3v) is 6.59. The van der Waals surface area contributed by atoms with Gasteiger partial charge in [0.15, 0.2) is 0 Å². The van der Waals surface area contributed by atoms with Crippen LogP contribution in [0.5, 0.6) is 0 Å². The lowest BCUT2D eigenvalue weighted by molar-refractivity contribution is 0.0846. The van der Waals surface area contributed by atoms with Crippen molar-refractivity contribution in [3.8, 4) is 0 Å². The molecule has 2 N–H and O–H groups in total. The smallest absolute Gasteiger partial charge is 0.267 e. The normalized spacial score (nSPS) is 11.5. The number of halogens is 2. The lowest BCUT2D eigenvalue weighted by Gasteiger charge is -2.21. The van der Waals surface area contributed by atoms with Gasteiger partial charge in [-0.1, -0.05) is 23.2 Å². The van der Waals surface area contributed by atoms with Gasteiger partial charge in [-0.3, -0.25) is 20.4 Å². The molecule has 0 saturated carbocycles. The molecule has 0 fully saturated rings. The molecule has 28 heavy (non-hydrogen) atoms. The van der Waals surface area contributed by atoms with Crippen LogP contribution in [0, 0.1) is 0 Å². The summed E-state index contributed by atoms with van der Waals surface area (Å²) in [5.41, 5.74) is 4.66. The second-order valence-corrected chi connectivity index (χ2v) is 9.01. The fraction of sp³-hybridized carbons (Fsp3) is 0.222. The first kappa shape index (κ1) is 22.2. The Hall–Kier alpha value is -2.13. The standard InChI is InChI=1S/C18H19Cl2N3O4S/c1-11(2)23(3)28(26,27)14-8-9-16(20)15(10-14)18(25)22-21-17(24)12-4-6-13(19)7-5-12/h4-11H,1-3H3,(H,21,24)(H,22,25). The molecule has 0 unspecified atom stereocenters. The van der Waals surface area contributed by atoms with E-state index in [1.54, 1.807) is 13.8 Å². The molecule has 0 aliphatic rings. The Labute approximate surface area is 173 Å². The first-order chi connectivity index (χ1) is 13.0. The molecule has 0 atom stereocenters. The van der Waals surface area contributed by atoms with Gasteiger partial charge in [-0.05, 0) is 56.3 Å². The van der Waals surface area contributed by atoms with Gasteiger partial charge >= 0.3 is 0 Å². The van der Waals surface area contributed by atoms with Crippen molar-refractivity contribution in [3.63, 3.8) is 0 Å². The molecule has 0 spiro atoms. The van der Waals surface area contributed by atoms with E-state index in [9.17, 15) is 18.0 Å². The summed E-state index contributed by atoms with van der Waals surface area (Å²) in [7, 11) is -2.35. The maximum atomic E-state index is 12.6. The Bertz CT molecular complexity index is 992. The van der Waals surface area contributed by atoms with E-state index in [0.29, 0.717) is 5.02 Å². The summed E-state index contributed by atoms with van der Waals surface area (Å²) in [5.74, 6) is -1.32. The highest BCUT2D eigenvalue weighted by Crippen LogP contribution is 2.23. The van der Waals surface area contributed by atoms with E-state index in [4.69, 9.17) is 23.2 Å². The topological polar surface area (TPSA) is 95.6 Å². The SMILES string of the molecule is CC(C)N(C)S(=O)(=O)c1ccc(Cl)c(C(=O)NNC(=O)c2ccc(Cl)cc2)c1. The van der Waals surface area contributed by atoms with Gasteiger partial charge in [0.25, 0.3) is 11.8 Å². The van der Waals surface area contributed by atoms with Crippen LogP contribution in [0.4, 0.5) is 0 Å². The van der Waals surface area contributed by atoms with Crippen molar-refractivity contribution in [2.24, 2.45) is 0 Å². The molecule has 2 rings (SSSR count). The van der Waals surface area contributed by atoms with Gasteiger partial charge in [0.1, 0.15) is 0 Å². The molecule has 0 aliphatic heterocycles. The summed E-state index contributed by atoms with van der Waals surface area (Å²) in [5, 5.41) is 0.515. The second-order valence-electron chi connectivity index (χ2n) is 6.17. The van der Waals surface area contributed by atoms with Crippen molar-refractivity contribution in [3.05, 3.63) is 63.6 Å². The van der Waals surface area contributed by atoms with Crippen molar-refractivity contribution in [2.45, 2.75) is 24.8 Å². The highest BCUT2D eigenvalue weighted by atomic mass is 35.5. The molecule has 0 heterocycles. The molecule has 0 radical (unpaired) electrons. The highest BCUT2D eigenvalue weighted by Gasteiger charge is 2.25. The third kappa shape index (κ3) is 5.02. The lowest BCUT2D eigenvalue weighted by Crippen LogP contribution is -2.41. The number of rotatable bonds is 5. The molecule has 0 saturated heterocycles. The predicted molar refractivity (Wildman–Crippen MR) is 108 cm³/mol. The van der Waals surface area contributed by atoms with Crippen molar-refractivity contribution in [2.75, 3.05) is 7.05 Å². The number of hydrazine groups is 1. The Balaban J connectivity index is 2.19. The predicted octanol–water partition coefficient (Wildman–Crippen LogP) is 3.10. The van der Waals surface area contributed by atoms with E-state index in [0.717, 1.165) is 0 Å². The van der Waals surface area contributed by atoms with Crippen molar-refractivity contribution >= 4 is 45.0 Å². The monoisotopic (exact) mass is 443 g/mol. The molecule has 0 bridgehead atoms. The largest absolute Gasteiger partial charge is 0.271 e. The minimum Gasteiger partial charge on any atom is -0.267 e. The molecular formula is C18H19Cl2N3O4S. The lowest BCUT2D eigenvalue weighted by atomic mass is 10.2. The minimum atomic E-state index is -3.79. The molecule has 7 nitrogen and oxygen atoms in total. The van der Waals surface area contributed by atoms with E-state index in [2.05, 4.69) is 10.9 Å². The van der Waals surface area contributed by atoms with Crippen LogP contribution in [0.3, 0.4) is 0 Å². The van der Waals surface area contributed by atoms with Crippen LogP contribution in [-0.4, -0.2) is 37.6 Å². The van der Waals surface area contributed by atoms with Gasteiger partial charge in [-0.2, -0.15) is 4.31 Å². The summed E-state index contributed by atoms with van der Waals surface area (Å²) in [4.78, 5) is 24.4. The second kappa shape index (κ2) is 8.91. The minimum absolute atomic E-state index is 0.0457. The molecule has 0 aliphatic carbocycles. The molecule has 2 aromatic rings. The number of nitrogens with one attached hydrogen (secondary N) is 2. The number of amides is 2. The maximum Gasteiger partial charge on any atom is 0.271 e. The Morgan fingerprint density at radius 1 is 0.964 bits per heavy atom. The summed E-state index contributed by atoms with van der Waals surface area (Å²) in [6.07, 6.45) is 0. The van der Waals surface area contributed by atoms with Crippen LogP contribution >= 0.6 is 23.2 Å². The zero-order valence-corrected chi connectivity index (χ0v) is 17.7. The zero-order chi connectivity index (χ0) is 21.1. The van der Waals surface area contributed by atoms with Gasteiger partial charge in [0, 0.05) is 23.7 Å². The van der Waals surface area contributed by atoms with Gasteiger partial charge in [0.2, 0.25) is 10.0 Å². The first-order valence-electron chi connectivity index (χ1n) is 8.18. The van der Waals surface area contributed by atoms with Crippen molar-refractivity contribution in [1.29, 1.82) is 0 Å². The quantitative estimate of drug-likeness (QED) is 0.693. The summed E-state index contributed by atoms with van der Waals surface area (Å²) in [6, 6.07) is 9.59. The fourth-order valence-corrected chi connectivity index (χ4v) is 3.86. The number of carbonyl (C=O) groups is 2. The number of hydrogen-bond acceptors (Lipinski definition) is 4. The van der Waals surface area contributed by atoms with E-state index >= 15 is 0 Å². The van der Waals surface area contributed by atoms with Gasteiger partial charge < -0.3 is 0 Å². The van der Waals surface area contributed by atoms with Crippen LogP contribution in [0.2, 0.25) is 10.0 Å². The third-order valence-electron chi connectivity index (χ3n) is 3.98. The van der Waals surface area contributed by atoms with E-state index in [1.807, 2.05) is 0 Å². The van der Waals surface area contributed by atoms with E-state index < -0.39 is 21.8 Å². The summed E-state index contributed by atoms with van der Waals surface area (Å²) in [6.45, 7) is 3.46. The first-order valence-corrected chi connectivity index (χ1v) is 10.4. The molecule has 2 aromatic carbocycles. The Morgan fingerprint density at radius 2 is 1.54 bits per heavy atom. The van der Waals surface area contributed by atoms with Crippen molar-refractivity contribution in [1.82, 2.24) is 15.2 Å². The average Bonchev–Trinajstić information content (AvgIpc) is 2.65. The molecule has 150 valence electrons. The molecular weight excluding hydrogens is 425 g/mol. The maximum absolute atomic E-state index is 12.6. The van der Waals surface area contributed by atoms with Gasteiger partial charge in [-0.15, -0.1) is 0 Å². The molecule has 10 heteroatoms. The Kier molecular flexibility index (Phi) is 7.06. The van der Waals surface area contributed by atoms with E-state index in [-0.39, 0.29) is 27.1 Å². The van der Waals surface area contributed by atoms with E-state index in [1.165, 1.54) is 53.8 Å². The average molecular weight is 444 g/mol. The van der Waals surface area contributed by atoms with Crippen LogP contribution in [0.1, 0.15) is 34.6 Å². The van der Waals surface area contributed by atoms with Crippen molar-refractivity contribution < 1.29 is 18.0 Å². The molecule has 2 amide bonds. The molecule has 0 aromatic heterocycles. The zero-order valence-electron chi connectivity index (χ0n) is 15.4. The van der Waals surface area contributed by atoms with Gasteiger partial charge in [-0.25, -0.2) is 8.42 Å². The van der Waals surface area contributed by atoms with Crippen LogP contribution in [0.25, 0.3) is 0 Å².